The van der Waals surface area contributed by atoms with E-state index in [1.54, 1.807) is 24.3 Å². The molecule has 4 atom stereocenters. The lowest BCUT2D eigenvalue weighted by Gasteiger charge is -2.45. The quantitative estimate of drug-likeness (QED) is 0.377. The summed E-state index contributed by atoms with van der Waals surface area (Å²) < 4.78 is 40.8. The number of halogens is 3. The molecule has 174 valence electrons. The second-order valence-corrected chi connectivity index (χ2v) is 10.4. The zero-order valence-electron chi connectivity index (χ0n) is 18.0. The Labute approximate surface area is 186 Å². The summed E-state index contributed by atoms with van der Waals surface area (Å²) in [5.74, 6) is -2.82. The van der Waals surface area contributed by atoms with Crippen molar-refractivity contribution in [3.63, 3.8) is 0 Å². The Morgan fingerprint density at radius 3 is 2.61 bits per heavy atom. The van der Waals surface area contributed by atoms with Gasteiger partial charge in [0.15, 0.2) is 0 Å². The van der Waals surface area contributed by atoms with Gasteiger partial charge in [0.25, 0.3) is 0 Å². The van der Waals surface area contributed by atoms with Gasteiger partial charge in [0.05, 0.1) is 12.0 Å². The normalized spacial score (nSPS) is 26.8. The second kappa shape index (κ2) is 10.1. The number of rotatable bonds is 10. The summed E-state index contributed by atoms with van der Waals surface area (Å²) in [6.07, 6.45) is 6.16. The highest BCUT2D eigenvalue weighted by molar-refractivity contribution is 7.13. The van der Waals surface area contributed by atoms with Gasteiger partial charge in [-0.05, 0) is 87.2 Å². The van der Waals surface area contributed by atoms with E-state index >= 15 is 0 Å². The van der Waals surface area contributed by atoms with Gasteiger partial charge < -0.3 is 10.2 Å². The van der Waals surface area contributed by atoms with Crippen LogP contribution in [-0.4, -0.2) is 28.5 Å². The first kappa shape index (κ1) is 24.3. The van der Waals surface area contributed by atoms with E-state index in [0.29, 0.717) is 30.6 Å². The van der Waals surface area contributed by atoms with Gasteiger partial charge in [-0.1, -0.05) is 25.5 Å². The fraction of sp³-hybridized carbons (Fsp3) is 0.708. The minimum Gasteiger partial charge on any atom is -0.477 e. The van der Waals surface area contributed by atoms with Crippen LogP contribution in [0.3, 0.4) is 0 Å². The average Bonchev–Trinajstić information content (AvgIpc) is 3.29. The number of allylic oxidation sites excluding steroid dienone is 1. The van der Waals surface area contributed by atoms with Crippen LogP contribution in [0.25, 0.3) is 0 Å². The van der Waals surface area contributed by atoms with Crippen molar-refractivity contribution in [2.45, 2.75) is 83.4 Å². The number of aliphatic hydroxyl groups is 1. The SMILES string of the molecule is CCC1(C(O)C/C=C/[C@H]2C(C(F)(F)F)CC[C@@H]2CCCc2ccc(C(=O)O)s2)CCC1. The van der Waals surface area contributed by atoms with Crippen molar-refractivity contribution in [3.05, 3.63) is 34.0 Å². The van der Waals surface area contributed by atoms with Crippen molar-refractivity contribution in [3.8, 4) is 0 Å². The van der Waals surface area contributed by atoms with E-state index in [4.69, 9.17) is 5.11 Å². The first-order chi connectivity index (χ1) is 14.7. The molecule has 31 heavy (non-hydrogen) atoms. The molecule has 0 bridgehead atoms. The van der Waals surface area contributed by atoms with E-state index in [0.717, 1.165) is 37.0 Å². The number of hydrogen-bond donors (Lipinski definition) is 2. The summed E-state index contributed by atoms with van der Waals surface area (Å²) in [5, 5.41) is 19.6. The van der Waals surface area contributed by atoms with Crippen molar-refractivity contribution in [1.29, 1.82) is 0 Å². The Bertz CT molecular complexity index is 761. The van der Waals surface area contributed by atoms with E-state index in [1.165, 1.54) is 11.3 Å². The maximum Gasteiger partial charge on any atom is 0.392 e. The molecule has 7 heteroatoms. The van der Waals surface area contributed by atoms with Crippen LogP contribution in [-0.2, 0) is 6.42 Å². The molecule has 2 aliphatic rings. The molecule has 1 aromatic heterocycles. The number of aliphatic hydroxyl groups excluding tert-OH is 1. The molecule has 2 fully saturated rings. The summed E-state index contributed by atoms with van der Waals surface area (Å²) in [6, 6.07) is 3.38. The third kappa shape index (κ3) is 5.72. The summed E-state index contributed by atoms with van der Waals surface area (Å²) in [6.45, 7) is 2.08. The molecule has 0 spiro atoms. The number of carboxylic acid groups (broad SMARTS) is 1. The lowest BCUT2D eigenvalue weighted by atomic mass is 9.63. The lowest BCUT2D eigenvalue weighted by molar-refractivity contribution is -0.181. The van der Waals surface area contributed by atoms with Crippen LogP contribution < -0.4 is 0 Å². The molecule has 0 aromatic carbocycles. The third-order valence-electron chi connectivity index (χ3n) is 7.63. The highest BCUT2D eigenvalue weighted by atomic mass is 32.1. The summed E-state index contributed by atoms with van der Waals surface area (Å²) >= 11 is 1.24. The number of thiophene rings is 1. The molecule has 2 aliphatic carbocycles. The van der Waals surface area contributed by atoms with Gasteiger partial charge in [-0.3, -0.25) is 0 Å². The largest absolute Gasteiger partial charge is 0.477 e. The average molecular weight is 459 g/mol. The first-order valence-electron chi connectivity index (χ1n) is 11.4. The molecule has 2 N–H and O–H groups in total. The van der Waals surface area contributed by atoms with Gasteiger partial charge in [0.2, 0.25) is 0 Å². The molecular weight excluding hydrogens is 425 g/mol. The Hall–Kier alpha value is -1.34. The smallest absolute Gasteiger partial charge is 0.392 e. The Kier molecular flexibility index (Phi) is 7.90. The highest BCUT2D eigenvalue weighted by Gasteiger charge is 2.49. The number of aryl methyl sites for hydroxylation is 1. The Morgan fingerprint density at radius 2 is 2.06 bits per heavy atom. The molecule has 1 heterocycles. The standard InChI is InChI=1S/C24H33F3O3S/c1-2-23(14-5-15-23)21(28)9-4-8-18-16(10-12-19(18)24(25,26)27)6-3-7-17-11-13-20(31-17)22(29)30/h4,8,11,13,16,18-19,21,28H,2-3,5-7,9-10,12,14-15H2,1H3,(H,29,30)/b8-4+/t16-,18+,19?,21?/m0/s1. The predicted octanol–water partition coefficient (Wildman–Crippen LogP) is 6.86. The first-order valence-corrected chi connectivity index (χ1v) is 12.2. The minimum absolute atomic E-state index is 0.0252. The molecule has 0 amide bonds. The van der Waals surface area contributed by atoms with E-state index in [2.05, 4.69) is 6.92 Å². The fourth-order valence-corrected chi connectivity index (χ4v) is 6.34. The molecular formula is C24H33F3O3S. The molecule has 0 saturated heterocycles. The van der Waals surface area contributed by atoms with Crippen molar-refractivity contribution < 1.29 is 28.2 Å². The molecule has 1 aromatic rings. The number of aromatic carboxylic acids is 1. The zero-order chi connectivity index (χ0) is 22.6. The summed E-state index contributed by atoms with van der Waals surface area (Å²) in [7, 11) is 0. The molecule has 3 rings (SSSR count). The van der Waals surface area contributed by atoms with Gasteiger partial charge in [-0.25, -0.2) is 4.79 Å². The molecule has 2 unspecified atom stereocenters. The number of carboxylic acids is 1. The second-order valence-electron chi connectivity index (χ2n) is 9.28. The monoisotopic (exact) mass is 458 g/mol. The van der Waals surface area contributed by atoms with Crippen molar-refractivity contribution in [2.24, 2.45) is 23.2 Å². The van der Waals surface area contributed by atoms with Crippen LogP contribution in [0.5, 0.6) is 0 Å². The van der Waals surface area contributed by atoms with E-state index < -0.39 is 30.1 Å². The zero-order valence-corrected chi connectivity index (χ0v) is 18.9. The predicted molar refractivity (Wildman–Crippen MR) is 116 cm³/mol. The van der Waals surface area contributed by atoms with Gasteiger partial charge >= 0.3 is 12.1 Å². The minimum atomic E-state index is -4.20. The van der Waals surface area contributed by atoms with Crippen LogP contribution >= 0.6 is 11.3 Å². The van der Waals surface area contributed by atoms with Gasteiger partial charge in [-0.15, -0.1) is 11.3 Å². The third-order valence-corrected chi connectivity index (χ3v) is 8.76. The summed E-state index contributed by atoms with van der Waals surface area (Å²) in [5.41, 5.74) is -0.0433. The molecule has 0 aliphatic heterocycles. The maximum atomic E-state index is 13.6. The van der Waals surface area contributed by atoms with Gasteiger partial charge in [0.1, 0.15) is 4.88 Å². The van der Waals surface area contributed by atoms with Crippen LogP contribution in [0.4, 0.5) is 13.2 Å². The number of carbonyl (C=O) groups is 1. The maximum absolute atomic E-state index is 13.6. The topological polar surface area (TPSA) is 57.5 Å². The number of hydrogen-bond acceptors (Lipinski definition) is 3. The van der Waals surface area contributed by atoms with Crippen molar-refractivity contribution in [2.75, 3.05) is 0 Å². The van der Waals surface area contributed by atoms with Crippen LogP contribution in [0.15, 0.2) is 24.3 Å². The van der Waals surface area contributed by atoms with Gasteiger partial charge in [-0.2, -0.15) is 13.2 Å². The number of alkyl halides is 3. The van der Waals surface area contributed by atoms with E-state index in [-0.39, 0.29) is 17.8 Å². The highest BCUT2D eigenvalue weighted by Crippen LogP contribution is 2.50. The van der Waals surface area contributed by atoms with E-state index in [9.17, 15) is 23.1 Å². The van der Waals surface area contributed by atoms with Crippen LogP contribution in [0.2, 0.25) is 0 Å². The van der Waals surface area contributed by atoms with Gasteiger partial charge in [0, 0.05) is 4.88 Å². The molecule has 2 saturated carbocycles. The van der Waals surface area contributed by atoms with Crippen molar-refractivity contribution in [1.82, 2.24) is 0 Å². The molecule has 3 nitrogen and oxygen atoms in total. The fourth-order valence-electron chi connectivity index (χ4n) is 5.45. The molecule has 0 radical (unpaired) electrons. The van der Waals surface area contributed by atoms with E-state index in [1.807, 2.05) is 0 Å². The van der Waals surface area contributed by atoms with Crippen molar-refractivity contribution >= 4 is 17.3 Å². The Balaban J connectivity index is 1.58. The lowest BCUT2D eigenvalue weighted by Crippen LogP contribution is -2.40. The Morgan fingerprint density at radius 1 is 1.32 bits per heavy atom. The summed E-state index contributed by atoms with van der Waals surface area (Å²) in [4.78, 5) is 12.3. The van der Waals surface area contributed by atoms with Crippen LogP contribution in [0, 0.1) is 23.2 Å². The van der Waals surface area contributed by atoms with Crippen LogP contribution in [0.1, 0.15) is 79.3 Å².